The molecule has 0 saturated carbocycles. The van der Waals surface area contributed by atoms with Crippen molar-refractivity contribution < 1.29 is 31.5 Å². The van der Waals surface area contributed by atoms with Gasteiger partial charge < -0.3 is 5.11 Å². The number of aromatic nitrogens is 2. The van der Waals surface area contributed by atoms with Crippen LogP contribution < -0.4 is 0 Å². The first-order valence-electron chi connectivity index (χ1n) is 12.1. The van der Waals surface area contributed by atoms with Gasteiger partial charge in [-0.2, -0.15) is 22.6 Å². The van der Waals surface area contributed by atoms with Gasteiger partial charge in [-0.15, -0.1) is 0 Å². The van der Waals surface area contributed by atoms with Crippen LogP contribution in [0.2, 0.25) is 5.02 Å². The fourth-order valence-corrected chi connectivity index (χ4v) is 6.23. The number of nitrogens with zero attached hydrogens (tertiary/aromatic N) is 2. The first-order valence-corrected chi connectivity index (χ1v) is 13.9. The Kier molecular flexibility index (Phi) is 7.17. The minimum absolute atomic E-state index is 0.167. The Labute approximate surface area is 227 Å². The van der Waals surface area contributed by atoms with Crippen LogP contribution in [-0.4, -0.2) is 52.6 Å². The monoisotopic (exact) mass is 577 g/mol. The number of alkyl halides is 3. The van der Waals surface area contributed by atoms with E-state index in [-0.39, 0.29) is 43.3 Å². The predicted octanol–water partition coefficient (Wildman–Crippen LogP) is 6.12. The van der Waals surface area contributed by atoms with Crippen LogP contribution >= 0.6 is 11.6 Å². The maximum absolute atomic E-state index is 13.0. The second-order valence-electron chi connectivity index (χ2n) is 9.45. The van der Waals surface area contributed by atoms with Gasteiger partial charge in [-0.25, -0.2) is 13.2 Å². The van der Waals surface area contributed by atoms with E-state index in [1.54, 1.807) is 36.4 Å². The summed E-state index contributed by atoms with van der Waals surface area (Å²) in [5, 5.41) is 18.1. The molecule has 39 heavy (non-hydrogen) atoms. The molecule has 0 spiro atoms. The molecule has 4 aromatic rings. The lowest BCUT2D eigenvalue weighted by Gasteiger charge is -2.31. The van der Waals surface area contributed by atoms with Gasteiger partial charge in [-0.1, -0.05) is 41.9 Å². The third-order valence-corrected chi connectivity index (χ3v) is 9.01. The van der Waals surface area contributed by atoms with Crippen LogP contribution in [0.5, 0.6) is 0 Å². The molecule has 1 aliphatic rings. The molecule has 1 fully saturated rings. The van der Waals surface area contributed by atoms with Gasteiger partial charge in [-0.3, -0.25) is 5.10 Å². The summed E-state index contributed by atoms with van der Waals surface area (Å²) in [5.41, 5.74) is -1.06. The van der Waals surface area contributed by atoms with Crippen LogP contribution in [-0.2, 0) is 10.0 Å². The quantitative estimate of drug-likeness (QED) is 0.269. The lowest BCUT2D eigenvalue weighted by Crippen LogP contribution is -2.44. The molecule has 1 aromatic heterocycles. The number of carboxylic acids is 1. The van der Waals surface area contributed by atoms with Gasteiger partial charge in [0.1, 0.15) is 0 Å². The number of carbonyl (C=O) groups is 1. The van der Waals surface area contributed by atoms with Crippen molar-refractivity contribution in [3.8, 4) is 0 Å². The molecule has 3 aromatic carbocycles. The van der Waals surface area contributed by atoms with Gasteiger partial charge in [0.2, 0.25) is 0 Å². The SMILES string of the molecule is O=C(O)c1ccc([C@H](c2ccc(Cl)cc2)c2ccc3n[nH]c(C4CCN(S(=O)(=O)C(F)(F)F)CC4)c3c2)cc1. The van der Waals surface area contributed by atoms with E-state index in [1.807, 2.05) is 30.3 Å². The first-order chi connectivity index (χ1) is 18.5. The first kappa shape index (κ1) is 27.2. The Hall–Kier alpha value is -3.41. The Morgan fingerprint density at radius 2 is 1.54 bits per heavy atom. The average Bonchev–Trinajstić information content (AvgIpc) is 3.33. The number of aromatic amines is 1. The van der Waals surface area contributed by atoms with Crippen molar-refractivity contribution in [1.82, 2.24) is 14.5 Å². The summed E-state index contributed by atoms with van der Waals surface area (Å²) in [6, 6.07) is 19.7. The molecule has 1 aliphatic heterocycles. The summed E-state index contributed by atoms with van der Waals surface area (Å²) in [7, 11) is -5.36. The number of hydrogen-bond acceptors (Lipinski definition) is 4. The molecule has 5 rings (SSSR count). The molecule has 204 valence electrons. The van der Waals surface area contributed by atoms with Gasteiger partial charge in [-0.05, 0) is 65.9 Å². The van der Waals surface area contributed by atoms with Crippen LogP contribution in [0, 0.1) is 0 Å². The second kappa shape index (κ2) is 10.3. The number of piperidine rings is 1. The highest BCUT2D eigenvalue weighted by Gasteiger charge is 2.50. The predicted molar refractivity (Wildman–Crippen MR) is 140 cm³/mol. The zero-order valence-corrected chi connectivity index (χ0v) is 21.9. The fraction of sp³-hybridized carbons (Fsp3) is 0.259. The highest BCUT2D eigenvalue weighted by molar-refractivity contribution is 7.90. The van der Waals surface area contributed by atoms with Gasteiger partial charge >= 0.3 is 21.5 Å². The summed E-state index contributed by atoms with van der Waals surface area (Å²) in [4.78, 5) is 11.4. The zero-order valence-electron chi connectivity index (χ0n) is 20.3. The number of hydrogen-bond donors (Lipinski definition) is 2. The third-order valence-electron chi connectivity index (χ3n) is 7.13. The Balaban J connectivity index is 1.50. The topological polar surface area (TPSA) is 103 Å². The number of sulfonamides is 1. The molecular formula is C27H23ClF3N3O4S. The second-order valence-corrected chi connectivity index (χ2v) is 11.8. The highest BCUT2D eigenvalue weighted by atomic mass is 35.5. The number of halogens is 4. The minimum atomic E-state index is -5.36. The van der Waals surface area contributed by atoms with Gasteiger partial charge in [0, 0.05) is 41.0 Å². The molecule has 1 atom stereocenters. The summed E-state index contributed by atoms with van der Waals surface area (Å²) in [6.07, 6.45) is 0.433. The Morgan fingerprint density at radius 3 is 2.10 bits per heavy atom. The lowest BCUT2D eigenvalue weighted by atomic mass is 9.83. The van der Waals surface area contributed by atoms with E-state index in [1.165, 1.54) is 0 Å². The van der Waals surface area contributed by atoms with E-state index in [0.29, 0.717) is 14.8 Å². The molecule has 0 aliphatic carbocycles. The van der Waals surface area contributed by atoms with Crippen molar-refractivity contribution in [2.45, 2.75) is 30.2 Å². The molecule has 0 amide bonds. The van der Waals surface area contributed by atoms with Gasteiger partial charge in [0.15, 0.2) is 0 Å². The highest BCUT2D eigenvalue weighted by Crippen LogP contribution is 2.38. The molecule has 2 heterocycles. The van der Waals surface area contributed by atoms with Crippen molar-refractivity contribution in [3.63, 3.8) is 0 Å². The van der Waals surface area contributed by atoms with E-state index in [4.69, 9.17) is 11.6 Å². The number of nitrogens with one attached hydrogen (secondary N) is 1. The summed E-state index contributed by atoms with van der Waals surface area (Å²) < 4.78 is 63.1. The van der Waals surface area contributed by atoms with Gasteiger partial charge in [0.25, 0.3) is 0 Å². The number of fused-ring (bicyclic) bond motifs is 1. The molecule has 12 heteroatoms. The number of rotatable bonds is 6. The number of aromatic carboxylic acids is 1. The van der Waals surface area contributed by atoms with Crippen molar-refractivity contribution in [1.29, 1.82) is 0 Å². The van der Waals surface area contributed by atoms with Crippen LogP contribution in [0.1, 0.15) is 57.4 Å². The summed E-state index contributed by atoms with van der Waals surface area (Å²) in [6.45, 7) is -0.480. The van der Waals surface area contributed by atoms with E-state index in [2.05, 4.69) is 10.2 Å². The van der Waals surface area contributed by atoms with E-state index in [0.717, 1.165) is 27.8 Å². The van der Waals surface area contributed by atoms with Crippen molar-refractivity contribution in [3.05, 3.63) is 99.7 Å². The molecule has 0 unspecified atom stereocenters. The zero-order chi connectivity index (χ0) is 27.9. The standard InChI is InChI=1S/C27H23ClF3N3O4S/c28-21-8-5-17(6-9-21)24(16-1-3-19(4-2-16)26(35)36)20-7-10-23-22(15-20)25(33-32-23)18-11-13-34(14-12-18)39(37,38)27(29,30)31/h1-10,15,18,24H,11-14H2,(H,32,33)(H,35,36)/t24-/m1/s1. The van der Waals surface area contributed by atoms with Crippen molar-refractivity contribution in [2.24, 2.45) is 0 Å². The normalized spacial score (nSPS) is 16.4. The molecule has 1 saturated heterocycles. The van der Waals surface area contributed by atoms with Gasteiger partial charge in [0.05, 0.1) is 11.1 Å². The molecule has 2 N–H and O–H groups in total. The minimum Gasteiger partial charge on any atom is -0.478 e. The third kappa shape index (κ3) is 5.26. The van der Waals surface area contributed by atoms with Crippen LogP contribution in [0.3, 0.4) is 0 Å². The smallest absolute Gasteiger partial charge is 0.478 e. The molecular weight excluding hydrogens is 555 g/mol. The maximum Gasteiger partial charge on any atom is 0.511 e. The maximum atomic E-state index is 13.0. The summed E-state index contributed by atoms with van der Waals surface area (Å²) >= 11 is 6.12. The van der Waals surface area contributed by atoms with E-state index < -0.39 is 21.5 Å². The number of benzene rings is 3. The average molecular weight is 578 g/mol. The Bertz CT molecular complexity index is 1610. The largest absolute Gasteiger partial charge is 0.511 e. The lowest BCUT2D eigenvalue weighted by molar-refractivity contribution is -0.0494. The number of carboxylic acid groups (broad SMARTS) is 1. The van der Waals surface area contributed by atoms with Crippen LogP contribution in [0.15, 0.2) is 66.7 Å². The molecule has 7 nitrogen and oxygen atoms in total. The summed E-state index contributed by atoms with van der Waals surface area (Å²) in [5.74, 6) is -1.49. The van der Waals surface area contributed by atoms with E-state index in [9.17, 15) is 31.5 Å². The fourth-order valence-electron chi connectivity index (χ4n) is 5.12. The van der Waals surface area contributed by atoms with Crippen LogP contribution in [0.25, 0.3) is 10.9 Å². The van der Waals surface area contributed by atoms with Crippen LogP contribution in [0.4, 0.5) is 13.2 Å². The number of H-pyrrole nitrogens is 1. The van der Waals surface area contributed by atoms with E-state index >= 15 is 0 Å². The van der Waals surface area contributed by atoms with Crippen molar-refractivity contribution in [2.75, 3.05) is 13.1 Å². The Morgan fingerprint density at radius 1 is 0.974 bits per heavy atom. The molecule has 0 radical (unpaired) electrons. The van der Waals surface area contributed by atoms with Crippen molar-refractivity contribution >= 4 is 38.5 Å². The molecule has 0 bridgehead atoms.